The quantitative estimate of drug-likeness (QED) is 0.248. The highest BCUT2D eigenvalue weighted by molar-refractivity contribution is 9.10. The molecular formula is C25H24BrN3O3S. The van der Waals surface area contributed by atoms with Gasteiger partial charge in [-0.1, -0.05) is 43.7 Å². The maximum absolute atomic E-state index is 12.7. The topological polar surface area (TPSA) is 79.5 Å². The van der Waals surface area contributed by atoms with Gasteiger partial charge in [0, 0.05) is 11.3 Å². The molecule has 3 N–H and O–H groups in total. The molecule has 0 unspecified atom stereocenters. The zero-order valence-electron chi connectivity index (χ0n) is 18.1. The molecule has 0 saturated carbocycles. The van der Waals surface area contributed by atoms with Crippen LogP contribution in [0, 0.1) is 0 Å². The van der Waals surface area contributed by atoms with Crippen molar-refractivity contribution in [1.29, 1.82) is 0 Å². The molecule has 0 saturated heterocycles. The molecule has 8 heteroatoms. The van der Waals surface area contributed by atoms with E-state index in [1.807, 2.05) is 18.2 Å². The van der Waals surface area contributed by atoms with Gasteiger partial charge in [-0.3, -0.25) is 14.9 Å². The number of benzene rings is 3. The molecule has 2 amide bonds. The summed E-state index contributed by atoms with van der Waals surface area (Å²) in [5.41, 5.74) is 1.98. The van der Waals surface area contributed by atoms with Crippen LogP contribution in [-0.4, -0.2) is 23.5 Å². The van der Waals surface area contributed by atoms with E-state index in [4.69, 9.17) is 17.0 Å². The van der Waals surface area contributed by atoms with Crippen LogP contribution >= 0.6 is 28.1 Å². The Kier molecular flexibility index (Phi) is 8.97. The molecule has 3 aromatic rings. The first kappa shape index (κ1) is 24.4. The van der Waals surface area contributed by atoms with Crippen LogP contribution in [0.15, 0.2) is 77.3 Å². The van der Waals surface area contributed by atoms with E-state index in [1.165, 1.54) is 0 Å². The Hall–Kier alpha value is -3.23. The Morgan fingerprint density at radius 1 is 0.939 bits per heavy atom. The summed E-state index contributed by atoms with van der Waals surface area (Å²) in [6.45, 7) is 2.71. The van der Waals surface area contributed by atoms with Gasteiger partial charge in [-0.15, -0.1) is 0 Å². The van der Waals surface area contributed by atoms with Crippen molar-refractivity contribution in [1.82, 2.24) is 5.32 Å². The summed E-state index contributed by atoms with van der Waals surface area (Å²) in [6.07, 6.45) is 2.00. The third-order valence-electron chi connectivity index (χ3n) is 4.63. The molecule has 0 aromatic heterocycles. The number of hydrogen-bond acceptors (Lipinski definition) is 4. The average molecular weight is 526 g/mol. The molecule has 33 heavy (non-hydrogen) atoms. The normalized spacial score (nSPS) is 10.2. The zero-order chi connectivity index (χ0) is 23.6. The van der Waals surface area contributed by atoms with Gasteiger partial charge in [0.05, 0.1) is 22.3 Å². The maximum atomic E-state index is 12.7. The minimum Gasteiger partial charge on any atom is -0.492 e. The average Bonchev–Trinajstić information content (AvgIpc) is 2.81. The van der Waals surface area contributed by atoms with Gasteiger partial charge in [0.2, 0.25) is 0 Å². The van der Waals surface area contributed by atoms with Crippen LogP contribution in [-0.2, 0) is 0 Å². The monoisotopic (exact) mass is 525 g/mol. The van der Waals surface area contributed by atoms with Crippen molar-refractivity contribution >= 4 is 56.4 Å². The summed E-state index contributed by atoms with van der Waals surface area (Å²) in [4.78, 5) is 25.4. The smallest absolute Gasteiger partial charge is 0.257 e. The van der Waals surface area contributed by atoms with Crippen molar-refractivity contribution in [3.63, 3.8) is 0 Å². The van der Waals surface area contributed by atoms with Crippen LogP contribution in [0.25, 0.3) is 0 Å². The number of rotatable bonds is 8. The fourth-order valence-corrected chi connectivity index (χ4v) is 3.62. The Labute approximate surface area is 206 Å². The maximum Gasteiger partial charge on any atom is 0.257 e. The van der Waals surface area contributed by atoms with E-state index in [9.17, 15) is 9.59 Å². The van der Waals surface area contributed by atoms with E-state index < -0.39 is 0 Å². The van der Waals surface area contributed by atoms with Crippen molar-refractivity contribution in [2.75, 3.05) is 17.2 Å². The van der Waals surface area contributed by atoms with Crippen molar-refractivity contribution in [3.05, 3.63) is 88.4 Å². The summed E-state index contributed by atoms with van der Waals surface area (Å²) >= 11 is 8.75. The van der Waals surface area contributed by atoms with E-state index in [0.29, 0.717) is 39.3 Å². The van der Waals surface area contributed by atoms with Gasteiger partial charge in [-0.2, -0.15) is 0 Å². The highest BCUT2D eigenvalue weighted by Gasteiger charge is 2.15. The third-order valence-corrected chi connectivity index (χ3v) is 5.45. The summed E-state index contributed by atoms with van der Waals surface area (Å²) in [5, 5.41) is 8.51. The molecule has 0 spiro atoms. The lowest BCUT2D eigenvalue weighted by molar-refractivity contribution is 0.0976. The lowest BCUT2D eigenvalue weighted by Crippen LogP contribution is -2.34. The Morgan fingerprint density at radius 3 is 2.39 bits per heavy atom. The SMILES string of the molecule is CCCCOc1ccc(C(=O)NC(=S)Nc2ccccc2C(=O)Nc2ccccc2)cc1Br. The minimum absolute atomic E-state index is 0.0827. The molecular weight excluding hydrogens is 502 g/mol. The molecule has 170 valence electrons. The molecule has 0 aliphatic carbocycles. The first-order valence-corrected chi connectivity index (χ1v) is 11.7. The molecule has 0 aliphatic heterocycles. The number of para-hydroxylation sites is 2. The van der Waals surface area contributed by atoms with Crippen LogP contribution in [0.3, 0.4) is 0 Å². The fourth-order valence-electron chi connectivity index (χ4n) is 2.92. The number of carbonyl (C=O) groups is 2. The van der Waals surface area contributed by atoms with Crippen molar-refractivity contribution in [2.45, 2.75) is 19.8 Å². The number of unbranched alkanes of at least 4 members (excludes halogenated alkanes) is 1. The molecule has 3 aromatic carbocycles. The minimum atomic E-state index is -0.375. The molecule has 0 radical (unpaired) electrons. The Morgan fingerprint density at radius 2 is 1.67 bits per heavy atom. The van der Waals surface area contributed by atoms with E-state index in [2.05, 4.69) is 38.8 Å². The number of thiocarbonyl (C=S) groups is 1. The van der Waals surface area contributed by atoms with Gasteiger partial charge < -0.3 is 15.4 Å². The second-order valence-corrected chi connectivity index (χ2v) is 8.38. The van der Waals surface area contributed by atoms with Gasteiger partial charge in [0.1, 0.15) is 5.75 Å². The second-order valence-electron chi connectivity index (χ2n) is 7.12. The molecule has 6 nitrogen and oxygen atoms in total. The Bertz CT molecular complexity index is 1140. The first-order valence-electron chi connectivity index (χ1n) is 10.5. The third kappa shape index (κ3) is 7.13. The van der Waals surface area contributed by atoms with Crippen molar-refractivity contribution in [2.24, 2.45) is 0 Å². The predicted molar refractivity (Wildman–Crippen MR) is 139 cm³/mol. The summed E-state index contributed by atoms with van der Waals surface area (Å²) in [6, 6.07) is 21.2. The summed E-state index contributed by atoms with van der Waals surface area (Å²) < 4.78 is 6.38. The second kappa shape index (κ2) is 12.1. The zero-order valence-corrected chi connectivity index (χ0v) is 20.5. The van der Waals surface area contributed by atoms with Crippen LogP contribution in [0.4, 0.5) is 11.4 Å². The number of ether oxygens (including phenoxy) is 1. The lowest BCUT2D eigenvalue weighted by Gasteiger charge is -2.14. The number of amides is 2. The van der Waals surface area contributed by atoms with E-state index >= 15 is 0 Å². The number of nitrogens with one attached hydrogen (secondary N) is 3. The number of hydrogen-bond donors (Lipinski definition) is 3. The molecule has 0 fully saturated rings. The van der Waals surface area contributed by atoms with Crippen LogP contribution < -0.4 is 20.7 Å². The highest BCUT2D eigenvalue weighted by Crippen LogP contribution is 2.26. The summed E-state index contributed by atoms with van der Waals surface area (Å²) in [7, 11) is 0. The molecule has 3 rings (SSSR count). The largest absolute Gasteiger partial charge is 0.492 e. The van der Waals surface area contributed by atoms with Crippen LogP contribution in [0.1, 0.15) is 40.5 Å². The van der Waals surface area contributed by atoms with E-state index in [-0.39, 0.29) is 16.9 Å². The predicted octanol–water partition coefficient (Wildman–Crippen LogP) is 6.01. The number of carbonyl (C=O) groups excluding carboxylic acids is 2. The standard InChI is InChI=1S/C25H24BrN3O3S/c1-2-3-15-32-22-14-13-17(16-20(22)26)23(30)29-25(33)28-21-12-8-7-11-19(21)24(31)27-18-9-5-4-6-10-18/h4-14,16H,2-3,15H2,1H3,(H,27,31)(H2,28,29,30,33). The van der Waals surface area contributed by atoms with Gasteiger partial charge >= 0.3 is 0 Å². The van der Waals surface area contributed by atoms with Gasteiger partial charge in [-0.05, 0) is 77.0 Å². The van der Waals surface area contributed by atoms with E-state index in [0.717, 1.165) is 12.8 Å². The number of anilines is 2. The molecule has 0 aliphatic rings. The molecule has 0 heterocycles. The van der Waals surface area contributed by atoms with Crippen molar-refractivity contribution < 1.29 is 14.3 Å². The van der Waals surface area contributed by atoms with Gasteiger partial charge in [0.25, 0.3) is 11.8 Å². The first-order chi connectivity index (χ1) is 16.0. The van der Waals surface area contributed by atoms with Crippen LogP contribution in [0.5, 0.6) is 5.75 Å². The van der Waals surface area contributed by atoms with E-state index in [1.54, 1.807) is 54.6 Å². The Balaban J connectivity index is 1.63. The number of halogens is 1. The molecule has 0 atom stereocenters. The van der Waals surface area contributed by atoms with Crippen LogP contribution in [0.2, 0.25) is 0 Å². The van der Waals surface area contributed by atoms with Crippen molar-refractivity contribution in [3.8, 4) is 5.75 Å². The summed E-state index contributed by atoms with van der Waals surface area (Å²) in [5.74, 6) is 0.0135. The van der Waals surface area contributed by atoms with Gasteiger partial charge in [-0.25, -0.2) is 0 Å². The highest BCUT2D eigenvalue weighted by atomic mass is 79.9. The fraction of sp³-hybridized carbons (Fsp3) is 0.160. The lowest BCUT2D eigenvalue weighted by atomic mass is 10.1. The van der Waals surface area contributed by atoms with Gasteiger partial charge in [0.15, 0.2) is 5.11 Å². The molecule has 0 bridgehead atoms.